The number of amides is 1. The average molecular weight is 355 g/mol. The van der Waals surface area contributed by atoms with E-state index in [1.807, 2.05) is 24.3 Å². The molecular formula is C15H19BrN2O3. The topological polar surface area (TPSA) is 58.6 Å². The summed E-state index contributed by atoms with van der Waals surface area (Å²) in [6.07, 6.45) is 0.287. The maximum Gasteiger partial charge on any atom is 0.330 e. The molecule has 1 heterocycles. The predicted octanol–water partition coefficient (Wildman–Crippen LogP) is 1.36. The van der Waals surface area contributed by atoms with Gasteiger partial charge in [0.25, 0.3) is 0 Å². The van der Waals surface area contributed by atoms with Crippen LogP contribution in [0.25, 0.3) is 0 Å². The summed E-state index contributed by atoms with van der Waals surface area (Å²) < 4.78 is 5.99. The summed E-state index contributed by atoms with van der Waals surface area (Å²) in [6, 6.07) is 7.11. The van der Waals surface area contributed by atoms with Crippen molar-refractivity contribution in [2.24, 2.45) is 0 Å². The number of carbonyl (C=O) groups is 2. The molecule has 0 bridgehead atoms. The van der Waals surface area contributed by atoms with Crippen LogP contribution in [-0.4, -0.2) is 49.1 Å². The molecule has 0 aliphatic carbocycles. The SMILES string of the molecule is CCOC(=O)C1CNCCN1C(=O)Cc1cccc(Br)c1. The highest BCUT2D eigenvalue weighted by Gasteiger charge is 2.32. The maximum atomic E-state index is 12.5. The first-order valence-electron chi connectivity index (χ1n) is 7.03. The van der Waals surface area contributed by atoms with Crippen LogP contribution >= 0.6 is 15.9 Å². The fourth-order valence-electron chi connectivity index (χ4n) is 2.37. The Morgan fingerprint density at radius 3 is 3.00 bits per heavy atom. The van der Waals surface area contributed by atoms with Gasteiger partial charge in [-0.15, -0.1) is 0 Å². The van der Waals surface area contributed by atoms with E-state index in [0.717, 1.165) is 10.0 Å². The third-order valence-corrected chi connectivity index (χ3v) is 3.86. The van der Waals surface area contributed by atoms with E-state index in [1.165, 1.54) is 0 Å². The van der Waals surface area contributed by atoms with Crippen molar-refractivity contribution >= 4 is 27.8 Å². The van der Waals surface area contributed by atoms with Crippen molar-refractivity contribution < 1.29 is 14.3 Å². The average Bonchev–Trinajstić information content (AvgIpc) is 2.47. The second kappa shape index (κ2) is 7.56. The van der Waals surface area contributed by atoms with E-state index in [2.05, 4.69) is 21.2 Å². The van der Waals surface area contributed by atoms with E-state index in [0.29, 0.717) is 26.2 Å². The highest BCUT2D eigenvalue weighted by atomic mass is 79.9. The van der Waals surface area contributed by atoms with Gasteiger partial charge in [0.1, 0.15) is 6.04 Å². The van der Waals surface area contributed by atoms with Gasteiger partial charge in [-0.2, -0.15) is 0 Å². The van der Waals surface area contributed by atoms with Gasteiger partial charge in [-0.25, -0.2) is 4.79 Å². The zero-order chi connectivity index (χ0) is 15.2. The number of esters is 1. The van der Waals surface area contributed by atoms with Crippen molar-refractivity contribution in [3.63, 3.8) is 0 Å². The van der Waals surface area contributed by atoms with Crippen molar-refractivity contribution in [2.75, 3.05) is 26.2 Å². The van der Waals surface area contributed by atoms with Gasteiger partial charge in [-0.3, -0.25) is 4.79 Å². The van der Waals surface area contributed by atoms with Gasteiger partial charge in [-0.1, -0.05) is 28.1 Å². The lowest BCUT2D eigenvalue weighted by molar-refractivity contribution is -0.155. The minimum absolute atomic E-state index is 0.0485. The number of piperazine rings is 1. The second-order valence-corrected chi connectivity index (χ2v) is 5.78. The Morgan fingerprint density at radius 1 is 1.48 bits per heavy atom. The molecule has 2 rings (SSSR count). The normalized spacial score (nSPS) is 18.4. The summed E-state index contributed by atoms with van der Waals surface area (Å²) in [7, 11) is 0. The van der Waals surface area contributed by atoms with Gasteiger partial charge in [0.2, 0.25) is 5.91 Å². The summed E-state index contributed by atoms with van der Waals surface area (Å²) in [4.78, 5) is 26.0. The number of carbonyl (C=O) groups excluding carboxylic acids is 2. The van der Waals surface area contributed by atoms with E-state index < -0.39 is 6.04 Å². The molecule has 1 aromatic carbocycles. The van der Waals surface area contributed by atoms with Crippen LogP contribution in [0.3, 0.4) is 0 Å². The lowest BCUT2D eigenvalue weighted by Gasteiger charge is -2.34. The summed E-state index contributed by atoms with van der Waals surface area (Å²) in [5.41, 5.74) is 0.926. The van der Waals surface area contributed by atoms with Crippen LogP contribution in [0.15, 0.2) is 28.7 Å². The monoisotopic (exact) mass is 354 g/mol. The Balaban J connectivity index is 2.06. The quantitative estimate of drug-likeness (QED) is 0.829. The predicted molar refractivity (Wildman–Crippen MR) is 82.8 cm³/mol. The molecule has 0 saturated carbocycles. The molecule has 1 saturated heterocycles. The molecule has 5 nitrogen and oxygen atoms in total. The molecule has 1 fully saturated rings. The van der Waals surface area contributed by atoms with E-state index >= 15 is 0 Å². The third-order valence-electron chi connectivity index (χ3n) is 3.37. The largest absolute Gasteiger partial charge is 0.464 e. The Hall–Kier alpha value is -1.40. The van der Waals surface area contributed by atoms with Crippen molar-refractivity contribution in [1.29, 1.82) is 0 Å². The molecule has 1 aliphatic rings. The molecule has 114 valence electrons. The van der Waals surface area contributed by atoms with Crippen LogP contribution in [0.5, 0.6) is 0 Å². The Morgan fingerprint density at radius 2 is 2.29 bits per heavy atom. The molecule has 1 unspecified atom stereocenters. The molecular weight excluding hydrogens is 336 g/mol. The number of hydrogen-bond donors (Lipinski definition) is 1. The summed E-state index contributed by atoms with van der Waals surface area (Å²) in [5, 5.41) is 3.13. The standard InChI is InChI=1S/C15H19BrN2O3/c1-2-21-15(20)13-10-17-6-7-18(13)14(19)9-11-4-3-5-12(16)8-11/h3-5,8,13,17H,2,6-7,9-10H2,1H3. The lowest BCUT2D eigenvalue weighted by Crippen LogP contribution is -2.57. The maximum absolute atomic E-state index is 12.5. The molecule has 0 aromatic heterocycles. The van der Waals surface area contributed by atoms with Gasteiger partial charge in [0.05, 0.1) is 13.0 Å². The van der Waals surface area contributed by atoms with Crippen LogP contribution in [0.4, 0.5) is 0 Å². The summed E-state index contributed by atoms with van der Waals surface area (Å²) >= 11 is 3.39. The van der Waals surface area contributed by atoms with E-state index in [1.54, 1.807) is 11.8 Å². The van der Waals surface area contributed by atoms with E-state index in [4.69, 9.17) is 4.74 Å². The highest BCUT2D eigenvalue weighted by molar-refractivity contribution is 9.10. The van der Waals surface area contributed by atoms with Gasteiger partial charge in [-0.05, 0) is 24.6 Å². The Kier molecular flexibility index (Phi) is 5.76. The zero-order valence-electron chi connectivity index (χ0n) is 12.0. The second-order valence-electron chi connectivity index (χ2n) is 4.87. The molecule has 21 heavy (non-hydrogen) atoms. The van der Waals surface area contributed by atoms with Crippen molar-refractivity contribution in [3.05, 3.63) is 34.3 Å². The zero-order valence-corrected chi connectivity index (χ0v) is 13.6. The number of halogens is 1. The fraction of sp³-hybridized carbons (Fsp3) is 0.467. The van der Waals surface area contributed by atoms with Crippen LogP contribution in [0, 0.1) is 0 Å². The summed E-state index contributed by atoms with van der Waals surface area (Å²) in [6.45, 7) is 3.75. The number of rotatable bonds is 4. The van der Waals surface area contributed by atoms with Crippen molar-refractivity contribution in [3.8, 4) is 0 Å². The molecule has 0 radical (unpaired) electrons. The van der Waals surface area contributed by atoms with Crippen molar-refractivity contribution in [2.45, 2.75) is 19.4 Å². The minimum Gasteiger partial charge on any atom is -0.464 e. The van der Waals surface area contributed by atoms with Gasteiger partial charge >= 0.3 is 5.97 Å². The number of benzene rings is 1. The molecule has 1 aliphatic heterocycles. The van der Waals surface area contributed by atoms with Gasteiger partial charge in [0.15, 0.2) is 0 Å². The molecule has 1 N–H and O–H groups in total. The number of hydrogen-bond acceptors (Lipinski definition) is 4. The molecule has 1 atom stereocenters. The van der Waals surface area contributed by atoms with Crippen LogP contribution in [0.2, 0.25) is 0 Å². The van der Waals surface area contributed by atoms with Crippen LogP contribution in [0.1, 0.15) is 12.5 Å². The van der Waals surface area contributed by atoms with Crippen LogP contribution in [-0.2, 0) is 20.7 Å². The smallest absolute Gasteiger partial charge is 0.330 e. The molecule has 1 aromatic rings. The van der Waals surface area contributed by atoms with Crippen molar-refractivity contribution in [1.82, 2.24) is 10.2 Å². The molecule has 1 amide bonds. The minimum atomic E-state index is -0.529. The van der Waals surface area contributed by atoms with E-state index in [-0.39, 0.29) is 18.3 Å². The Labute approximate surface area is 132 Å². The van der Waals surface area contributed by atoms with Crippen LogP contribution < -0.4 is 5.32 Å². The Bertz CT molecular complexity index is 521. The summed E-state index contributed by atoms with van der Waals surface area (Å²) in [5.74, 6) is -0.389. The molecule has 0 spiro atoms. The first-order chi connectivity index (χ1) is 10.1. The first kappa shape index (κ1) is 16.0. The van der Waals surface area contributed by atoms with Gasteiger partial charge < -0.3 is 15.0 Å². The van der Waals surface area contributed by atoms with Gasteiger partial charge in [0, 0.05) is 24.1 Å². The third kappa shape index (κ3) is 4.28. The lowest BCUT2D eigenvalue weighted by atomic mass is 10.1. The number of nitrogens with one attached hydrogen (secondary N) is 1. The first-order valence-corrected chi connectivity index (χ1v) is 7.82. The number of nitrogens with zero attached hydrogens (tertiary/aromatic N) is 1. The number of ether oxygens (including phenoxy) is 1. The van der Waals surface area contributed by atoms with E-state index in [9.17, 15) is 9.59 Å². The fourth-order valence-corrected chi connectivity index (χ4v) is 2.82. The molecule has 6 heteroatoms. The highest BCUT2D eigenvalue weighted by Crippen LogP contribution is 2.14.